The van der Waals surface area contributed by atoms with Gasteiger partial charge in [-0.25, -0.2) is 13.2 Å². The normalized spacial score (nSPS) is 18.3. The Morgan fingerprint density at radius 1 is 1.30 bits per heavy atom. The number of urea groups is 1. The van der Waals surface area contributed by atoms with Crippen LogP contribution in [0.4, 0.5) is 4.79 Å². The SMILES string of the molecule is COc1ccccc1CC(C)N(C)C(=O)N1CCS(=O)(=O)CC1. The summed E-state index contributed by atoms with van der Waals surface area (Å²) in [5.74, 6) is 0.908. The summed E-state index contributed by atoms with van der Waals surface area (Å²) < 4.78 is 28.3. The molecule has 23 heavy (non-hydrogen) atoms. The number of ether oxygens (including phenoxy) is 1. The van der Waals surface area contributed by atoms with E-state index in [1.165, 1.54) is 0 Å². The van der Waals surface area contributed by atoms with E-state index >= 15 is 0 Å². The van der Waals surface area contributed by atoms with Gasteiger partial charge in [0.1, 0.15) is 5.75 Å². The van der Waals surface area contributed by atoms with E-state index in [0.29, 0.717) is 6.42 Å². The first kappa shape index (κ1) is 17.6. The third kappa shape index (κ3) is 4.37. The van der Waals surface area contributed by atoms with E-state index in [1.807, 2.05) is 31.2 Å². The van der Waals surface area contributed by atoms with Crippen LogP contribution < -0.4 is 4.74 Å². The molecule has 7 heteroatoms. The molecule has 128 valence electrons. The maximum atomic E-state index is 12.5. The standard InChI is InChI=1S/C16H24N2O4S/c1-13(12-14-6-4-5-7-15(14)22-3)17(2)16(19)18-8-10-23(20,21)11-9-18/h4-7,13H,8-12H2,1-3H3. The molecule has 0 aliphatic carbocycles. The summed E-state index contributed by atoms with van der Waals surface area (Å²) in [5, 5.41) is 0. The van der Waals surface area contributed by atoms with E-state index in [4.69, 9.17) is 4.74 Å². The van der Waals surface area contributed by atoms with E-state index < -0.39 is 9.84 Å². The Morgan fingerprint density at radius 2 is 1.91 bits per heavy atom. The van der Waals surface area contributed by atoms with Gasteiger partial charge in [-0.3, -0.25) is 0 Å². The molecule has 1 aliphatic heterocycles. The first-order chi connectivity index (χ1) is 10.8. The third-order valence-electron chi connectivity index (χ3n) is 4.29. The van der Waals surface area contributed by atoms with Crippen molar-refractivity contribution in [2.24, 2.45) is 0 Å². The molecule has 1 aromatic carbocycles. The zero-order valence-corrected chi connectivity index (χ0v) is 14.7. The number of benzene rings is 1. The number of carbonyl (C=O) groups excluding carboxylic acids is 1. The van der Waals surface area contributed by atoms with Gasteiger partial charge in [-0.05, 0) is 25.0 Å². The Bertz CT molecular complexity index is 646. The van der Waals surface area contributed by atoms with E-state index in [2.05, 4.69) is 0 Å². The minimum atomic E-state index is -2.98. The number of sulfone groups is 1. The van der Waals surface area contributed by atoms with Crippen LogP contribution in [-0.4, -0.2) is 69.0 Å². The smallest absolute Gasteiger partial charge is 0.320 e. The summed E-state index contributed by atoms with van der Waals surface area (Å²) in [6.45, 7) is 2.52. The summed E-state index contributed by atoms with van der Waals surface area (Å²) in [6, 6.07) is 7.61. The van der Waals surface area contributed by atoms with Crippen LogP contribution in [0, 0.1) is 0 Å². The molecule has 0 aromatic heterocycles. The highest BCUT2D eigenvalue weighted by molar-refractivity contribution is 7.91. The number of para-hydroxylation sites is 1. The van der Waals surface area contributed by atoms with E-state index in [-0.39, 0.29) is 36.7 Å². The van der Waals surface area contributed by atoms with Crippen molar-refractivity contribution in [3.05, 3.63) is 29.8 Å². The van der Waals surface area contributed by atoms with Crippen molar-refractivity contribution in [2.75, 3.05) is 38.8 Å². The number of nitrogens with zero attached hydrogens (tertiary/aromatic N) is 2. The Kier molecular flexibility index (Phi) is 5.51. The van der Waals surface area contributed by atoms with Crippen LogP contribution in [-0.2, 0) is 16.3 Å². The second-order valence-corrected chi connectivity index (χ2v) is 8.20. The molecule has 2 amide bonds. The third-order valence-corrected chi connectivity index (χ3v) is 5.89. The molecule has 0 spiro atoms. The largest absolute Gasteiger partial charge is 0.496 e. The summed E-state index contributed by atoms with van der Waals surface area (Å²) in [4.78, 5) is 15.8. The summed E-state index contributed by atoms with van der Waals surface area (Å²) in [7, 11) is 0.405. The maximum absolute atomic E-state index is 12.5. The lowest BCUT2D eigenvalue weighted by Crippen LogP contribution is -2.51. The van der Waals surface area contributed by atoms with E-state index in [1.54, 1.807) is 24.0 Å². The molecule has 1 atom stereocenters. The molecule has 0 radical (unpaired) electrons. The molecule has 0 N–H and O–H groups in total. The second kappa shape index (κ2) is 7.21. The number of methoxy groups -OCH3 is 1. The van der Waals surface area contributed by atoms with Gasteiger partial charge in [0, 0.05) is 26.2 Å². The Hall–Kier alpha value is -1.76. The fraction of sp³-hybridized carbons (Fsp3) is 0.562. The van der Waals surface area contributed by atoms with Crippen LogP contribution in [0.2, 0.25) is 0 Å². The average molecular weight is 340 g/mol. The van der Waals surface area contributed by atoms with Gasteiger partial charge >= 0.3 is 6.03 Å². The Morgan fingerprint density at radius 3 is 2.52 bits per heavy atom. The van der Waals surface area contributed by atoms with Crippen LogP contribution in [0.25, 0.3) is 0 Å². The first-order valence-electron chi connectivity index (χ1n) is 7.68. The highest BCUT2D eigenvalue weighted by Crippen LogP contribution is 2.20. The van der Waals surface area contributed by atoms with Gasteiger partial charge in [-0.2, -0.15) is 0 Å². The number of amides is 2. The lowest BCUT2D eigenvalue weighted by atomic mass is 10.1. The molecule has 1 heterocycles. The Balaban J connectivity index is 1.99. The van der Waals surface area contributed by atoms with Crippen molar-refractivity contribution in [1.82, 2.24) is 9.80 Å². The molecule has 1 unspecified atom stereocenters. The predicted octanol–water partition coefficient (Wildman–Crippen LogP) is 1.41. The van der Waals surface area contributed by atoms with Crippen molar-refractivity contribution in [3.63, 3.8) is 0 Å². The fourth-order valence-corrected chi connectivity index (χ4v) is 3.84. The molecule has 1 aliphatic rings. The number of carbonyl (C=O) groups is 1. The highest BCUT2D eigenvalue weighted by atomic mass is 32.2. The minimum absolute atomic E-state index is 0.0164. The van der Waals surface area contributed by atoms with Crippen LogP contribution in [0.15, 0.2) is 24.3 Å². The minimum Gasteiger partial charge on any atom is -0.496 e. The predicted molar refractivity (Wildman–Crippen MR) is 89.5 cm³/mol. The number of likely N-dealkylation sites (N-methyl/N-ethyl adjacent to an activating group) is 1. The molecule has 6 nitrogen and oxygen atoms in total. The highest BCUT2D eigenvalue weighted by Gasteiger charge is 2.28. The van der Waals surface area contributed by atoms with Crippen LogP contribution in [0.3, 0.4) is 0 Å². The van der Waals surface area contributed by atoms with Gasteiger partial charge in [0.2, 0.25) is 0 Å². The van der Waals surface area contributed by atoms with Crippen molar-refractivity contribution < 1.29 is 17.9 Å². The molecular formula is C16H24N2O4S. The molecule has 0 saturated carbocycles. The van der Waals surface area contributed by atoms with Gasteiger partial charge in [0.05, 0.1) is 18.6 Å². The average Bonchev–Trinajstić information content (AvgIpc) is 2.54. The first-order valence-corrected chi connectivity index (χ1v) is 9.50. The fourth-order valence-electron chi connectivity index (χ4n) is 2.64. The number of hydrogen-bond donors (Lipinski definition) is 0. The van der Waals surface area contributed by atoms with Gasteiger partial charge < -0.3 is 14.5 Å². The summed E-state index contributed by atoms with van der Waals surface area (Å²) in [5.41, 5.74) is 1.04. The monoisotopic (exact) mass is 340 g/mol. The zero-order chi connectivity index (χ0) is 17.0. The molecular weight excluding hydrogens is 316 g/mol. The molecule has 1 fully saturated rings. The van der Waals surface area contributed by atoms with Crippen molar-refractivity contribution in [2.45, 2.75) is 19.4 Å². The van der Waals surface area contributed by atoms with Gasteiger partial charge in [0.25, 0.3) is 0 Å². The van der Waals surface area contributed by atoms with Gasteiger partial charge in [-0.15, -0.1) is 0 Å². The molecule has 1 aromatic rings. The van der Waals surface area contributed by atoms with Crippen molar-refractivity contribution in [1.29, 1.82) is 0 Å². The lowest BCUT2D eigenvalue weighted by molar-refractivity contribution is 0.152. The maximum Gasteiger partial charge on any atom is 0.320 e. The number of hydrogen-bond acceptors (Lipinski definition) is 4. The van der Waals surface area contributed by atoms with Crippen LogP contribution in [0.1, 0.15) is 12.5 Å². The van der Waals surface area contributed by atoms with Gasteiger partial charge in [-0.1, -0.05) is 18.2 Å². The zero-order valence-electron chi connectivity index (χ0n) is 13.9. The summed E-state index contributed by atoms with van der Waals surface area (Å²) in [6.07, 6.45) is 0.679. The van der Waals surface area contributed by atoms with Crippen LogP contribution >= 0.6 is 0 Å². The van der Waals surface area contributed by atoms with E-state index in [9.17, 15) is 13.2 Å². The summed E-state index contributed by atoms with van der Waals surface area (Å²) >= 11 is 0. The lowest BCUT2D eigenvalue weighted by Gasteiger charge is -2.34. The molecule has 1 saturated heterocycles. The topological polar surface area (TPSA) is 66.9 Å². The van der Waals surface area contributed by atoms with Crippen LogP contribution in [0.5, 0.6) is 5.75 Å². The van der Waals surface area contributed by atoms with Crippen molar-refractivity contribution >= 4 is 15.9 Å². The quantitative estimate of drug-likeness (QED) is 0.831. The Labute approximate surface area is 137 Å². The van der Waals surface area contributed by atoms with E-state index in [0.717, 1.165) is 11.3 Å². The molecule has 0 bridgehead atoms. The number of rotatable bonds is 4. The molecule has 2 rings (SSSR count). The van der Waals surface area contributed by atoms with Crippen molar-refractivity contribution in [3.8, 4) is 5.75 Å². The van der Waals surface area contributed by atoms with Gasteiger partial charge in [0.15, 0.2) is 9.84 Å². The second-order valence-electron chi connectivity index (χ2n) is 5.90.